The van der Waals surface area contributed by atoms with Crippen LogP contribution >= 0.6 is 0 Å². The Hall–Kier alpha value is -1.84. The number of hydrogen-bond donors (Lipinski definition) is 1. The third-order valence-corrected chi connectivity index (χ3v) is 5.13. The maximum atomic E-state index is 6.22. The SMILES string of the molecule is COc1cccc(C(CN)C2CCCCN2Cc2ccccc2)c1. The van der Waals surface area contributed by atoms with Gasteiger partial charge in [-0.05, 0) is 42.6 Å². The minimum atomic E-state index is 0.351. The second kappa shape index (κ2) is 8.32. The van der Waals surface area contributed by atoms with Gasteiger partial charge in [-0.1, -0.05) is 48.9 Å². The van der Waals surface area contributed by atoms with Gasteiger partial charge in [-0.25, -0.2) is 0 Å². The lowest BCUT2D eigenvalue weighted by Crippen LogP contribution is -2.44. The Kier molecular flexibility index (Phi) is 5.89. The summed E-state index contributed by atoms with van der Waals surface area (Å²) in [6.45, 7) is 2.83. The van der Waals surface area contributed by atoms with Crippen LogP contribution in [0.4, 0.5) is 0 Å². The van der Waals surface area contributed by atoms with Crippen molar-refractivity contribution in [3.8, 4) is 5.75 Å². The smallest absolute Gasteiger partial charge is 0.119 e. The summed E-state index contributed by atoms with van der Waals surface area (Å²) in [7, 11) is 1.72. The normalized spacial score (nSPS) is 19.8. The Bertz CT molecular complexity index is 629. The van der Waals surface area contributed by atoms with Crippen LogP contribution in [0.15, 0.2) is 54.6 Å². The highest BCUT2D eigenvalue weighted by atomic mass is 16.5. The van der Waals surface area contributed by atoms with Crippen molar-refractivity contribution in [2.24, 2.45) is 5.73 Å². The van der Waals surface area contributed by atoms with E-state index >= 15 is 0 Å². The molecule has 2 unspecified atom stereocenters. The largest absolute Gasteiger partial charge is 0.497 e. The van der Waals surface area contributed by atoms with E-state index in [0.29, 0.717) is 18.5 Å². The molecule has 1 fully saturated rings. The summed E-state index contributed by atoms with van der Waals surface area (Å²) in [5.41, 5.74) is 8.89. The summed E-state index contributed by atoms with van der Waals surface area (Å²) in [5.74, 6) is 1.26. The molecule has 3 heteroatoms. The van der Waals surface area contributed by atoms with Crippen LogP contribution in [0.25, 0.3) is 0 Å². The quantitative estimate of drug-likeness (QED) is 0.878. The Morgan fingerprint density at radius 3 is 2.71 bits per heavy atom. The molecule has 1 heterocycles. The molecule has 2 atom stereocenters. The van der Waals surface area contributed by atoms with Crippen LogP contribution in [0.2, 0.25) is 0 Å². The molecule has 1 saturated heterocycles. The number of benzene rings is 2. The first-order chi connectivity index (χ1) is 11.8. The lowest BCUT2D eigenvalue weighted by Gasteiger charge is -2.40. The van der Waals surface area contributed by atoms with Gasteiger partial charge < -0.3 is 10.5 Å². The summed E-state index contributed by atoms with van der Waals surface area (Å²) in [6.07, 6.45) is 3.78. The van der Waals surface area contributed by atoms with E-state index in [1.807, 2.05) is 6.07 Å². The van der Waals surface area contributed by atoms with Gasteiger partial charge in [0.15, 0.2) is 0 Å². The topological polar surface area (TPSA) is 38.5 Å². The molecule has 2 N–H and O–H groups in total. The Labute approximate surface area is 145 Å². The molecule has 0 aliphatic carbocycles. The average molecular weight is 324 g/mol. The van der Waals surface area contributed by atoms with E-state index < -0.39 is 0 Å². The van der Waals surface area contributed by atoms with E-state index in [9.17, 15) is 0 Å². The molecule has 0 saturated carbocycles. The molecular formula is C21H28N2O. The number of likely N-dealkylation sites (tertiary alicyclic amines) is 1. The Morgan fingerprint density at radius 1 is 1.12 bits per heavy atom. The fourth-order valence-electron chi connectivity index (χ4n) is 3.87. The van der Waals surface area contributed by atoms with Crippen molar-refractivity contribution < 1.29 is 4.74 Å². The predicted octanol–water partition coefficient (Wildman–Crippen LogP) is 3.79. The summed E-state index contributed by atoms with van der Waals surface area (Å²) >= 11 is 0. The number of nitrogens with two attached hydrogens (primary N) is 1. The van der Waals surface area contributed by atoms with E-state index in [2.05, 4.69) is 53.4 Å². The maximum Gasteiger partial charge on any atom is 0.119 e. The van der Waals surface area contributed by atoms with Crippen LogP contribution in [0.3, 0.4) is 0 Å². The number of piperidine rings is 1. The molecule has 2 aromatic carbocycles. The highest BCUT2D eigenvalue weighted by molar-refractivity contribution is 5.32. The van der Waals surface area contributed by atoms with Gasteiger partial charge in [0, 0.05) is 25.0 Å². The Morgan fingerprint density at radius 2 is 1.96 bits per heavy atom. The highest BCUT2D eigenvalue weighted by Crippen LogP contribution is 2.32. The maximum absolute atomic E-state index is 6.22. The van der Waals surface area contributed by atoms with E-state index in [1.165, 1.54) is 30.4 Å². The molecule has 2 aromatic rings. The summed E-state index contributed by atoms with van der Waals surface area (Å²) in [5, 5.41) is 0. The third kappa shape index (κ3) is 3.97. The molecule has 0 bridgehead atoms. The zero-order chi connectivity index (χ0) is 16.8. The fourth-order valence-corrected chi connectivity index (χ4v) is 3.87. The fraction of sp³-hybridized carbons (Fsp3) is 0.429. The average Bonchev–Trinajstić information content (AvgIpc) is 2.65. The van der Waals surface area contributed by atoms with Gasteiger partial charge in [0.2, 0.25) is 0 Å². The molecular weight excluding hydrogens is 296 g/mol. The van der Waals surface area contributed by atoms with E-state index in [0.717, 1.165) is 18.8 Å². The van der Waals surface area contributed by atoms with E-state index in [4.69, 9.17) is 10.5 Å². The lowest BCUT2D eigenvalue weighted by molar-refractivity contribution is 0.119. The van der Waals surface area contributed by atoms with Crippen LogP contribution in [-0.4, -0.2) is 31.1 Å². The standard InChI is InChI=1S/C21H28N2O/c1-24-19-11-7-10-18(14-19)20(15-22)21-12-5-6-13-23(21)16-17-8-3-2-4-9-17/h2-4,7-11,14,20-21H,5-6,12-13,15-16,22H2,1H3. The first kappa shape index (κ1) is 17.0. The van der Waals surface area contributed by atoms with Gasteiger partial charge in [0.05, 0.1) is 7.11 Å². The van der Waals surface area contributed by atoms with Crippen molar-refractivity contribution in [3.05, 3.63) is 65.7 Å². The van der Waals surface area contributed by atoms with Gasteiger partial charge in [0.25, 0.3) is 0 Å². The molecule has 1 aliphatic rings. The van der Waals surface area contributed by atoms with Crippen molar-refractivity contribution in [3.63, 3.8) is 0 Å². The number of nitrogens with zero attached hydrogens (tertiary/aromatic N) is 1. The van der Waals surface area contributed by atoms with Crippen LogP contribution in [0.5, 0.6) is 5.75 Å². The molecule has 1 aliphatic heterocycles. The predicted molar refractivity (Wildman–Crippen MR) is 99.3 cm³/mol. The van der Waals surface area contributed by atoms with Crippen LogP contribution in [-0.2, 0) is 6.54 Å². The zero-order valence-electron chi connectivity index (χ0n) is 14.5. The van der Waals surface area contributed by atoms with Crippen molar-refractivity contribution in [2.45, 2.75) is 37.8 Å². The van der Waals surface area contributed by atoms with Crippen LogP contribution in [0.1, 0.15) is 36.3 Å². The van der Waals surface area contributed by atoms with Crippen molar-refractivity contribution in [1.29, 1.82) is 0 Å². The number of ether oxygens (including phenoxy) is 1. The molecule has 0 spiro atoms. The molecule has 3 rings (SSSR count). The van der Waals surface area contributed by atoms with Gasteiger partial charge in [-0.2, -0.15) is 0 Å². The molecule has 0 radical (unpaired) electrons. The van der Waals surface area contributed by atoms with Gasteiger partial charge >= 0.3 is 0 Å². The second-order valence-electron chi connectivity index (χ2n) is 6.64. The molecule has 24 heavy (non-hydrogen) atoms. The molecule has 0 amide bonds. The highest BCUT2D eigenvalue weighted by Gasteiger charge is 2.30. The number of methoxy groups -OCH3 is 1. The monoisotopic (exact) mass is 324 g/mol. The summed E-state index contributed by atoms with van der Waals surface area (Å²) in [4.78, 5) is 2.62. The molecule has 3 nitrogen and oxygen atoms in total. The number of hydrogen-bond acceptors (Lipinski definition) is 3. The number of rotatable bonds is 6. The van der Waals surface area contributed by atoms with Gasteiger partial charge in [-0.3, -0.25) is 4.90 Å². The van der Waals surface area contributed by atoms with Crippen molar-refractivity contribution >= 4 is 0 Å². The minimum absolute atomic E-state index is 0.351. The minimum Gasteiger partial charge on any atom is -0.497 e. The van der Waals surface area contributed by atoms with Crippen molar-refractivity contribution in [2.75, 3.05) is 20.2 Å². The van der Waals surface area contributed by atoms with Crippen LogP contribution < -0.4 is 10.5 Å². The molecule has 128 valence electrons. The Balaban J connectivity index is 1.81. The van der Waals surface area contributed by atoms with Crippen molar-refractivity contribution in [1.82, 2.24) is 4.90 Å². The zero-order valence-corrected chi connectivity index (χ0v) is 14.5. The molecule has 0 aromatic heterocycles. The first-order valence-electron chi connectivity index (χ1n) is 8.94. The summed E-state index contributed by atoms with van der Waals surface area (Å²) in [6, 6.07) is 19.7. The second-order valence-corrected chi connectivity index (χ2v) is 6.64. The lowest BCUT2D eigenvalue weighted by atomic mass is 9.85. The third-order valence-electron chi connectivity index (χ3n) is 5.13. The van der Waals surface area contributed by atoms with E-state index in [1.54, 1.807) is 7.11 Å². The van der Waals surface area contributed by atoms with Gasteiger partial charge in [0.1, 0.15) is 5.75 Å². The van der Waals surface area contributed by atoms with E-state index in [-0.39, 0.29) is 0 Å². The first-order valence-corrected chi connectivity index (χ1v) is 8.94. The summed E-state index contributed by atoms with van der Waals surface area (Å²) < 4.78 is 5.40. The van der Waals surface area contributed by atoms with Crippen LogP contribution in [0, 0.1) is 0 Å². The van der Waals surface area contributed by atoms with Gasteiger partial charge in [-0.15, -0.1) is 0 Å².